The van der Waals surface area contributed by atoms with E-state index in [9.17, 15) is 29.1 Å². The zero-order valence-corrected chi connectivity index (χ0v) is 25.2. The minimum absolute atomic E-state index is 0.116. The van der Waals surface area contributed by atoms with Crippen molar-refractivity contribution < 1.29 is 29.1 Å². The highest BCUT2D eigenvalue weighted by Crippen LogP contribution is 2.55. The molecule has 1 aliphatic heterocycles. The van der Waals surface area contributed by atoms with Crippen LogP contribution in [-0.4, -0.2) is 34.3 Å². The van der Waals surface area contributed by atoms with Gasteiger partial charge in [-0.3, -0.25) is 28.9 Å². The van der Waals surface area contributed by atoms with E-state index in [1.165, 1.54) is 11.0 Å². The van der Waals surface area contributed by atoms with Gasteiger partial charge in [-0.25, -0.2) is 0 Å². The summed E-state index contributed by atoms with van der Waals surface area (Å²) in [4.78, 5) is 68.9. The molecule has 3 aliphatic carbocycles. The van der Waals surface area contributed by atoms with Gasteiger partial charge in [-0.2, -0.15) is 0 Å². The quantitative estimate of drug-likeness (QED) is 0.164. The number of amides is 2. The summed E-state index contributed by atoms with van der Waals surface area (Å²) in [5, 5.41) is 10.2. The van der Waals surface area contributed by atoms with Crippen molar-refractivity contribution in [1.82, 2.24) is 0 Å². The summed E-state index contributed by atoms with van der Waals surface area (Å²) in [6.07, 6.45) is 3.75. The number of hydrogen-bond acceptors (Lipinski definition) is 6. The standard InChI is InChI=1S/C36H26BrNO6/c1-18-15-21(9-14-28(18)39)30-23-12-13-24-31(25(23)16-26-32(30)29(40)17-27(37)34(26)42)36(44)38(35(24)43)22-10-7-20(8-11-22)33(41)19-5-3-2-4-6-19/h2-12,14-15,17,24-25,30-31,39H,13,16H2,1H3. The van der Waals surface area contributed by atoms with E-state index in [1.807, 2.05) is 12.1 Å². The molecule has 3 aromatic rings. The molecule has 1 heterocycles. The maximum Gasteiger partial charge on any atom is 0.238 e. The molecule has 8 heteroatoms. The van der Waals surface area contributed by atoms with E-state index in [0.717, 1.165) is 11.1 Å². The van der Waals surface area contributed by atoms with Gasteiger partial charge in [-0.1, -0.05) is 54.1 Å². The molecule has 1 saturated heterocycles. The number of phenolic OH excluding ortho intramolecular Hbond substituents is 1. The fourth-order valence-corrected chi connectivity index (χ4v) is 7.66. The number of aryl methyl sites for hydroxylation is 1. The molecule has 44 heavy (non-hydrogen) atoms. The molecule has 0 saturated carbocycles. The van der Waals surface area contributed by atoms with E-state index >= 15 is 0 Å². The van der Waals surface area contributed by atoms with Crippen LogP contribution in [0.4, 0.5) is 5.69 Å². The first-order valence-corrected chi connectivity index (χ1v) is 15.2. The molecule has 0 radical (unpaired) electrons. The Morgan fingerprint density at radius 2 is 1.59 bits per heavy atom. The lowest BCUT2D eigenvalue weighted by Gasteiger charge is -2.42. The zero-order chi connectivity index (χ0) is 30.9. The molecule has 3 aromatic carbocycles. The fraction of sp³-hybridized carbons (Fsp3) is 0.194. The molecule has 2 amide bonds. The predicted octanol–water partition coefficient (Wildman–Crippen LogP) is 5.90. The second kappa shape index (κ2) is 10.5. The Morgan fingerprint density at radius 3 is 2.30 bits per heavy atom. The third kappa shape index (κ3) is 4.27. The summed E-state index contributed by atoms with van der Waals surface area (Å²) in [6.45, 7) is 1.76. The van der Waals surface area contributed by atoms with Crippen LogP contribution in [0.5, 0.6) is 5.75 Å². The summed E-state index contributed by atoms with van der Waals surface area (Å²) in [6, 6.07) is 20.5. The average Bonchev–Trinajstić information content (AvgIpc) is 3.29. The number of fused-ring (bicyclic) bond motifs is 3. The van der Waals surface area contributed by atoms with Crippen molar-refractivity contribution in [3.8, 4) is 5.75 Å². The number of phenols is 1. The minimum Gasteiger partial charge on any atom is -0.508 e. The topological polar surface area (TPSA) is 109 Å². The number of carbonyl (C=O) groups excluding carboxylic acids is 5. The third-order valence-corrected chi connectivity index (χ3v) is 9.90. The van der Waals surface area contributed by atoms with Gasteiger partial charge < -0.3 is 5.11 Å². The highest BCUT2D eigenvalue weighted by molar-refractivity contribution is 9.12. The molecule has 4 unspecified atom stereocenters. The molecule has 4 aliphatic rings. The van der Waals surface area contributed by atoms with Crippen molar-refractivity contribution in [3.05, 3.63) is 128 Å². The number of Topliss-reactive ketones (excluding diaryl/α,β-unsaturated/α-hetero) is 1. The molecule has 0 bridgehead atoms. The first-order valence-electron chi connectivity index (χ1n) is 14.4. The number of imide groups is 1. The molecule has 218 valence electrons. The number of anilines is 1. The Balaban J connectivity index is 1.26. The SMILES string of the molecule is Cc1cc(C2C3=CCC4C(=O)N(c5ccc(C(=O)c6ccccc6)cc5)C(=O)C4C3CC3=C2C(=O)C=C(Br)C3=O)ccc1O. The van der Waals surface area contributed by atoms with Crippen LogP contribution >= 0.6 is 15.9 Å². The summed E-state index contributed by atoms with van der Waals surface area (Å²) in [7, 11) is 0. The van der Waals surface area contributed by atoms with Crippen molar-refractivity contribution in [2.45, 2.75) is 25.7 Å². The lowest BCUT2D eigenvalue weighted by molar-refractivity contribution is -0.123. The van der Waals surface area contributed by atoms with Crippen LogP contribution in [0.2, 0.25) is 0 Å². The zero-order valence-electron chi connectivity index (χ0n) is 23.6. The largest absolute Gasteiger partial charge is 0.508 e. The van der Waals surface area contributed by atoms with E-state index < -0.39 is 23.7 Å². The van der Waals surface area contributed by atoms with Gasteiger partial charge >= 0.3 is 0 Å². The highest BCUT2D eigenvalue weighted by Gasteiger charge is 2.56. The molecule has 7 rings (SSSR count). The third-order valence-electron chi connectivity index (χ3n) is 9.31. The first kappa shape index (κ1) is 28.1. The van der Waals surface area contributed by atoms with E-state index in [4.69, 9.17) is 0 Å². The normalized spacial score (nSPS) is 24.5. The van der Waals surface area contributed by atoms with Crippen LogP contribution in [0.1, 0.15) is 45.8 Å². The first-order chi connectivity index (χ1) is 21.2. The molecule has 0 aromatic heterocycles. The van der Waals surface area contributed by atoms with E-state index in [1.54, 1.807) is 73.7 Å². The Labute approximate surface area is 261 Å². The number of ketones is 3. The van der Waals surface area contributed by atoms with Gasteiger partial charge in [0.15, 0.2) is 17.3 Å². The van der Waals surface area contributed by atoms with E-state index in [-0.39, 0.29) is 45.8 Å². The number of carbonyl (C=O) groups is 5. The van der Waals surface area contributed by atoms with Crippen LogP contribution in [-0.2, 0) is 19.2 Å². The molecule has 0 spiro atoms. The molecular formula is C36H26BrNO6. The maximum atomic E-state index is 14.1. The van der Waals surface area contributed by atoms with Gasteiger partial charge in [0.05, 0.1) is 22.0 Å². The molecular weight excluding hydrogens is 622 g/mol. The number of nitrogens with zero attached hydrogens (tertiary/aromatic N) is 1. The van der Waals surface area contributed by atoms with Crippen molar-refractivity contribution >= 4 is 50.8 Å². The second-order valence-corrected chi connectivity index (χ2v) is 12.5. The van der Waals surface area contributed by atoms with Gasteiger partial charge in [-0.15, -0.1) is 0 Å². The van der Waals surface area contributed by atoms with Gasteiger partial charge in [0, 0.05) is 34.3 Å². The predicted molar refractivity (Wildman–Crippen MR) is 166 cm³/mol. The molecule has 1 fully saturated rings. The van der Waals surface area contributed by atoms with Crippen LogP contribution < -0.4 is 4.90 Å². The number of benzene rings is 3. The minimum atomic E-state index is -0.713. The summed E-state index contributed by atoms with van der Waals surface area (Å²) < 4.78 is 0.169. The number of aromatic hydroxyl groups is 1. The van der Waals surface area contributed by atoms with E-state index in [2.05, 4.69) is 15.9 Å². The summed E-state index contributed by atoms with van der Waals surface area (Å²) in [5.41, 5.74) is 4.31. The van der Waals surface area contributed by atoms with Crippen LogP contribution in [0, 0.1) is 24.7 Å². The molecule has 1 N–H and O–H groups in total. The Morgan fingerprint density at radius 1 is 0.886 bits per heavy atom. The second-order valence-electron chi connectivity index (χ2n) is 11.7. The van der Waals surface area contributed by atoms with Crippen molar-refractivity contribution in [2.75, 3.05) is 4.90 Å². The van der Waals surface area contributed by atoms with Crippen LogP contribution in [0.25, 0.3) is 0 Å². The van der Waals surface area contributed by atoms with Gasteiger partial charge in [0.1, 0.15) is 5.75 Å². The average molecular weight is 649 g/mol. The van der Waals surface area contributed by atoms with Crippen LogP contribution in [0.15, 0.2) is 106 Å². The van der Waals surface area contributed by atoms with Gasteiger partial charge in [0.25, 0.3) is 0 Å². The number of hydrogen-bond donors (Lipinski definition) is 1. The summed E-state index contributed by atoms with van der Waals surface area (Å²) in [5.74, 6) is -3.67. The Bertz CT molecular complexity index is 1900. The Kier molecular flexibility index (Phi) is 6.70. The maximum absolute atomic E-state index is 14.1. The summed E-state index contributed by atoms with van der Waals surface area (Å²) >= 11 is 3.25. The lowest BCUT2D eigenvalue weighted by Crippen LogP contribution is -2.39. The number of halogens is 1. The van der Waals surface area contributed by atoms with Crippen molar-refractivity contribution in [2.24, 2.45) is 17.8 Å². The van der Waals surface area contributed by atoms with Crippen molar-refractivity contribution in [3.63, 3.8) is 0 Å². The monoisotopic (exact) mass is 647 g/mol. The van der Waals surface area contributed by atoms with E-state index in [0.29, 0.717) is 39.9 Å². The van der Waals surface area contributed by atoms with Crippen molar-refractivity contribution in [1.29, 1.82) is 0 Å². The van der Waals surface area contributed by atoms with Gasteiger partial charge in [-0.05, 0) is 83.1 Å². The highest BCUT2D eigenvalue weighted by atomic mass is 79.9. The molecule has 7 nitrogen and oxygen atoms in total. The fourth-order valence-electron chi connectivity index (χ4n) is 7.22. The smallest absolute Gasteiger partial charge is 0.238 e. The van der Waals surface area contributed by atoms with Crippen LogP contribution in [0.3, 0.4) is 0 Å². The lowest BCUT2D eigenvalue weighted by atomic mass is 9.59. The molecule has 4 atom stereocenters. The Hall–Kier alpha value is -4.69. The number of rotatable bonds is 4. The number of allylic oxidation sites excluding steroid dienone is 6. The van der Waals surface area contributed by atoms with Gasteiger partial charge in [0.2, 0.25) is 11.8 Å².